The van der Waals surface area contributed by atoms with Crippen LogP contribution in [0, 0.1) is 18.7 Å². The van der Waals surface area contributed by atoms with Gasteiger partial charge in [-0.15, -0.1) is 12.4 Å². The number of nitrogens with one attached hydrogen (secondary N) is 1. The monoisotopic (exact) mass is 379 g/mol. The van der Waals surface area contributed by atoms with Gasteiger partial charge < -0.3 is 11.1 Å². The largest absolute Gasteiger partial charge is 0.355 e. The number of amides is 1. The topological polar surface area (TPSA) is 92.5 Å². The molecule has 0 radical (unpaired) electrons. The Bertz CT molecular complexity index is 664. The van der Waals surface area contributed by atoms with Crippen molar-refractivity contribution in [3.05, 3.63) is 29.6 Å². The van der Waals surface area contributed by atoms with E-state index >= 15 is 0 Å². The Morgan fingerprint density at radius 2 is 2.17 bits per heavy atom. The number of sulfonamides is 1. The van der Waals surface area contributed by atoms with E-state index in [0.717, 1.165) is 6.07 Å². The lowest BCUT2D eigenvalue weighted by Gasteiger charge is -2.31. The minimum atomic E-state index is -3.96. The summed E-state index contributed by atoms with van der Waals surface area (Å²) in [5.41, 5.74) is 5.71. The fraction of sp³-hybridized carbons (Fsp3) is 0.533. The van der Waals surface area contributed by atoms with Crippen molar-refractivity contribution in [3.8, 4) is 0 Å². The summed E-state index contributed by atoms with van der Waals surface area (Å²) in [5.74, 6) is -1.41. The van der Waals surface area contributed by atoms with Gasteiger partial charge in [0.1, 0.15) is 10.7 Å². The minimum Gasteiger partial charge on any atom is -0.355 e. The smallest absolute Gasteiger partial charge is 0.246 e. The van der Waals surface area contributed by atoms with E-state index in [1.807, 2.05) is 0 Å². The molecule has 0 bridgehead atoms. The van der Waals surface area contributed by atoms with E-state index in [0.29, 0.717) is 31.5 Å². The Labute approximate surface area is 148 Å². The van der Waals surface area contributed by atoms with Crippen LogP contribution in [0.3, 0.4) is 0 Å². The van der Waals surface area contributed by atoms with Crippen LogP contribution in [0.4, 0.5) is 4.39 Å². The van der Waals surface area contributed by atoms with Crippen molar-refractivity contribution in [2.24, 2.45) is 11.7 Å². The third kappa shape index (κ3) is 4.44. The van der Waals surface area contributed by atoms with E-state index in [1.165, 1.54) is 10.4 Å². The molecule has 0 spiro atoms. The fourth-order valence-electron chi connectivity index (χ4n) is 2.79. The van der Waals surface area contributed by atoms with Gasteiger partial charge in [0.2, 0.25) is 15.9 Å². The van der Waals surface area contributed by atoms with Crippen molar-refractivity contribution in [1.29, 1.82) is 0 Å². The quantitative estimate of drug-likeness (QED) is 0.799. The summed E-state index contributed by atoms with van der Waals surface area (Å²) in [5, 5.41) is 2.68. The van der Waals surface area contributed by atoms with Crippen molar-refractivity contribution in [3.63, 3.8) is 0 Å². The van der Waals surface area contributed by atoms with Gasteiger partial charge in [-0.3, -0.25) is 4.79 Å². The number of nitrogens with zero attached hydrogens (tertiary/aromatic N) is 1. The molecular weight excluding hydrogens is 357 g/mol. The third-order valence-corrected chi connectivity index (χ3v) is 6.00. The number of carbonyl (C=O) groups excluding carboxylic acids is 1. The second-order valence-electron chi connectivity index (χ2n) is 5.67. The normalized spacial score (nSPS) is 18.7. The summed E-state index contributed by atoms with van der Waals surface area (Å²) in [6.45, 7) is 2.60. The number of nitrogens with two attached hydrogens (primary N) is 1. The van der Waals surface area contributed by atoms with Crippen molar-refractivity contribution in [1.82, 2.24) is 9.62 Å². The lowest BCUT2D eigenvalue weighted by Crippen LogP contribution is -2.46. The molecule has 1 aliphatic rings. The Hall–Kier alpha value is -1.22. The second kappa shape index (κ2) is 8.75. The van der Waals surface area contributed by atoms with Crippen LogP contribution in [-0.4, -0.2) is 44.8 Å². The highest BCUT2D eigenvalue weighted by Gasteiger charge is 2.35. The SMILES string of the molecule is Cc1cccc(F)c1S(=O)(=O)N1CCCC(C(=O)NCCN)C1.Cl. The molecule has 6 nitrogen and oxygen atoms in total. The number of rotatable bonds is 5. The first-order valence-corrected chi connectivity index (χ1v) is 9.05. The zero-order valence-electron chi connectivity index (χ0n) is 13.5. The van der Waals surface area contributed by atoms with Crippen LogP contribution in [0.15, 0.2) is 23.1 Å². The number of carbonyl (C=O) groups is 1. The van der Waals surface area contributed by atoms with E-state index < -0.39 is 21.8 Å². The number of halogens is 2. The van der Waals surface area contributed by atoms with Crippen LogP contribution in [0.2, 0.25) is 0 Å². The van der Waals surface area contributed by atoms with Gasteiger partial charge in [0.25, 0.3) is 0 Å². The van der Waals surface area contributed by atoms with Crippen LogP contribution >= 0.6 is 12.4 Å². The fourth-order valence-corrected chi connectivity index (χ4v) is 4.58. The molecule has 1 aliphatic heterocycles. The molecule has 1 saturated heterocycles. The van der Waals surface area contributed by atoms with Crippen LogP contribution < -0.4 is 11.1 Å². The number of hydrogen-bond acceptors (Lipinski definition) is 4. The van der Waals surface area contributed by atoms with E-state index in [4.69, 9.17) is 5.73 Å². The molecule has 1 atom stereocenters. The molecule has 1 aromatic rings. The lowest BCUT2D eigenvalue weighted by molar-refractivity contribution is -0.126. The highest BCUT2D eigenvalue weighted by atomic mass is 35.5. The van der Waals surface area contributed by atoms with Crippen molar-refractivity contribution >= 4 is 28.3 Å². The van der Waals surface area contributed by atoms with Gasteiger partial charge in [-0.25, -0.2) is 12.8 Å². The highest BCUT2D eigenvalue weighted by Crippen LogP contribution is 2.27. The summed E-state index contributed by atoms with van der Waals surface area (Å²) in [6, 6.07) is 4.17. The molecule has 3 N–H and O–H groups in total. The third-order valence-electron chi connectivity index (χ3n) is 3.96. The van der Waals surface area contributed by atoms with Crippen molar-refractivity contribution in [2.75, 3.05) is 26.2 Å². The van der Waals surface area contributed by atoms with E-state index in [1.54, 1.807) is 13.0 Å². The minimum absolute atomic E-state index is 0. The van der Waals surface area contributed by atoms with Crippen molar-refractivity contribution < 1.29 is 17.6 Å². The molecule has 1 unspecified atom stereocenters. The standard InChI is InChI=1S/C15H22FN3O3S.ClH/c1-11-4-2-6-13(16)14(11)23(21,22)19-9-3-5-12(10-19)15(20)18-8-7-17;/h2,4,6,12H,3,5,7-10,17H2,1H3,(H,18,20);1H. The van der Waals surface area contributed by atoms with Gasteiger partial charge in [0.15, 0.2) is 0 Å². The molecule has 1 heterocycles. The molecule has 2 rings (SSSR count). The highest BCUT2D eigenvalue weighted by molar-refractivity contribution is 7.89. The van der Waals surface area contributed by atoms with E-state index in [-0.39, 0.29) is 36.3 Å². The number of benzene rings is 1. The first-order valence-electron chi connectivity index (χ1n) is 7.61. The maximum Gasteiger partial charge on any atom is 0.246 e. The summed E-state index contributed by atoms with van der Waals surface area (Å²) >= 11 is 0. The van der Waals surface area contributed by atoms with Gasteiger partial charge in [-0.05, 0) is 31.4 Å². The van der Waals surface area contributed by atoms with Gasteiger partial charge in [-0.1, -0.05) is 12.1 Å². The zero-order valence-corrected chi connectivity index (χ0v) is 15.1. The second-order valence-corrected chi connectivity index (χ2v) is 7.54. The van der Waals surface area contributed by atoms with Crippen LogP contribution in [-0.2, 0) is 14.8 Å². The average Bonchev–Trinajstić information content (AvgIpc) is 2.52. The Morgan fingerprint density at radius 1 is 1.46 bits per heavy atom. The molecule has 0 aromatic heterocycles. The summed E-state index contributed by atoms with van der Waals surface area (Å²) in [7, 11) is -3.96. The van der Waals surface area contributed by atoms with Crippen LogP contribution in [0.25, 0.3) is 0 Å². The summed E-state index contributed by atoms with van der Waals surface area (Å²) in [4.78, 5) is 11.7. The molecule has 1 fully saturated rings. The molecule has 0 aliphatic carbocycles. The van der Waals surface area contributed by atoms with Gasteiger partial charge in [0.05, 0.1) is 5.92 Å². The van der Waals surface area contributed by atoms with Gasteiger partial charge >= 0.3 is 0 Å². The molecule has 0 saturated carbocycles. The van der Waals surface area contributed by atoms with Crippen molar-refractivity contribution in [2.45, 2.75) is 24.7 Å². The number of hydrogen-bond donors (Lipinski definition) is 2. The molecule has 24 heavy (non-hydrogen) atoms. The van der Waals surface area contributed by atoms with Crippen LogP contribution in [0.5, 0.6) is 0 Å². The van der Waals surface area contributed by atoms with Gasteiger partial charge in [0, 0.05) is 26.2 Å². The van der Waals surface area contributed by atoms with E-state index in [2.05, 4.69) is 5.32 Å². The first-order chi connectivity index (χ1) is 10.9. The predicted molar refractivity (Wildman–Crippen MR) is 91.9 cm³/mol. The molecular formula is C15H23ClFN3O3S. The maximum absolute atomic E-state index is 14.0. The predicted octanol–water partition coefficient (Wildman–Crippen LogP) is 1.03. The van der Waals surface area contributed by atoms with E-state index in [9.17, 15) is 17.6 Å². The summed E-state index contributed by atoms with van der Waals surface area (Å²) < 4.78 is 40.7. The molecule has 1 aromatic carbocycles. The van der Waals surface area contributed by atoms with Crippen LogP contribution in [0.1, 0.15) is 18.4 Å². The Morgan fingerprint density at radius 3 is 2.79 bits per heavy atom. The maximum atomic E-state index is 14.0. The lowest BCUT2D eigenvalue weighted by atomic mass is 9.99. The number of piperidine rings is 1. The Kier molecular flexibility index (Phi) is 7.59. The van der Waals surface area contributed by atoms with Gasteiger partial charge in [-0.2, -0.15) is 4.31 Å². The first kappa shape index (κ1) is 20.8. The number of aryl methyl sites for hydroxylation is 1. The zero-order chi connectivity index (χ0) is 17.0. The Balaban J connectivity index is 0.00000288. The molecule has 9 heteroatoms. The average molecular weight is 380 g/mol. The molecule has 1 amide bonds. The molecule has 136 valence electrons. The summed E-state index contributed by atoms with van der Waals surface area (Å²) in [6.07, 6.45) is 1.17.